The SMILES string of the molecule is CC(=O)Nc1ccc2c(c1)C([O-])=CC(=C1C=CC=C1)O2.[Fe+2].c1cc[cH-]c1. The predicted octanol–water partition coefficient (Wildman–Crippen LogP) is 3.52. The fraction of sp³-hybridized carbons (Fsp3) is 0.0476. The van der Waals surface area contributed by atoms with Gasteiger partial charge < -0.3 is 15.2 Å². The molecule has 132 valence electrons. The number of ether oxygens (including phenoxy) is 1. The minimum absolute atomic E-state index is 0. The number of rotatable bonds is 1. The minimum Gasteiger partial charge on any atom is -0.872 e. The van der Waals surface area contributed by atoms with Gasteiger partial charge in [0.15, 0.2) is 0 Å². The van der Waals surface area contributed by atoms with Crippen molar-refractivity contribution in [1.82, 2.24) is 0 Å². The predicted molar refractivity (Wildman–Crippen MR) is 96.7 cm³/mol. The van der Waals surface area contributed by atoms with Crippen molar-refractivity contribution < 1.29 is 31.7 Å². The molecular weight excluding hydrogens is 370 g/mol. The van der Waals surface area contributed by atoms with Crippen LogP contribution in [0.25, 0.3) is 5.76 Å². The van der Waals surface area contributed by atoms with Crippen LogP contribution in [0.5, 0.6) is 5.75 Å². The third-order valence-electron chi connectivity index (χ3n) is 3.55. The summed E-state index contributed by atoms with van der Waals surface area (Å²) in [6, 6.07) is 15.0. The summed E-state index contributed by atoms with van der Waals surface area (Å²) in [4.78, 5) is 11.0. The Morgan fingerprint density at radius 3 is 2.42 bits per heavy atom. The molecule has 2 aromatic rings. The van der Waals surface area contributed by atoms with Crippen LogP contribution in [0, 0.1) is 0 Å². The van der Waals surface area contributed by atoms with E-state index in [-0.39, 0.29) is 28.7 Å². The van der Waals surface area contributed by atoms with Crippen LogP contribution in [0.2, 0.25) is 0 Å². The van der Waals surface area contributed by atoms with E-state index in [1.165, 1.54) is 13.0 Å². The summed E-state index contributed by atoms with van der Waals surface area (Å²) in [5.41, 5.74) is 1.90. The summed E-state index contributed by atoms with van der Waals surface area (Å²) < 4.78 is 5.73. The molecule has 1 N–H and O–H groups in total. The molecule has 0 bridgehead atoms. The van der Waals surface area contributed by atoms with Gasteiger partial charge in [-0.3, -0.25) is 4.79 Å². The normalized spacial score (nSPS) is 13.7. The molecule has 2 aliphatic rings. The van der Waals surface area contributed by atoms with Crippen LogP contribution in [-0.2, 0) is 21.9 Å². The molecule has 1 heterocycles. The molecule has 0 radical (unpaired) electrons. The first-order valence-corrected chi connectivity index (χ1v) is 7.88. The zero-order chi connectivity index (χ0) is 17.6. The van der Waals surface area contributed by atoms with Crippen LogP contribution in [0.3, 0.4) is 0 Å². The second kappa shape index (κ2) is 8.99. The van der Waals surface area contributed by atoms with Gasteiger partial charge in [0, 0.05) is 23.7 Å². The molecule has 0 unspecified atom stereocenters. The van der Waals surface area contributed by atoms with Gasteiger partial charge in [0.2, 0.25) is 5.91 Å². The van der Waals surface area contributed by atoms with Gasteiger partial charge in [-0.05, 0) is 24.3 Å². The maximum Gasteiger partial charge on any atom is 2.00 e. The van der Waals surface area contributed by atoms with E-state index in [1.54, 1.807) is 18.2 Å². The molecule has 2 aromatic carbocycles. The molecule has 0 saturated heterocycles. The number of fused-ring (bicyclic) bond motifs is 1. The van der Waals surface area contributed by atoms with Gasteiger partial charge in [-0.1, -0.05) is 30.1 Å². The number of carbonyl (C=O) groups excluding carboxylic acids is 1. The van der Waals surface area contributed by atoms with Gasteiger partial charge in [0.05, 0.1) is 0 Å². The molecule has 26 heavy (non-hydrogen) atoms. The Balaban J connectivity index is 0.000000351. The number of allylic oxidation sites excluding steroid dienone is 6. The Labute approximate surface area is 163 Å². The van der Waals surface area contributed by atoms with Crippen molar-refractivity contribution in [3.8, 4) is 5.75 Å². The third-order valence-corrected chi connectivity index (χ3v) is 3.55. The molecule has 0 atom stereocenters. The van der Waals surface area contributed by atoms with E-state index in [2.05, 4.69) is 5.32 Å². The third kappa shape index (κ3) is 4.82. The second-order valence-corrected chi connectivity index (χ2v) is 5.50. The number of hydrogen-bond donors (Lipinski definition) is 1. The van der Waals surface area contributed by atoms with Crippen molar-refractivity contribution in [3.05, 3.63) is 95.8 Å². The number of anilines is 1. The Morgan fingerprint density at radius 2 is 1.85 bits per heavy atom. The van der Waals surface area contributed by atoms with Crippen molar-refractivity contribution >= 4 is 17.4 Å². The Kier molecular flexibility index (Phi) is 6.73. The maximum absolute atomic E-state index is 12.2. The number of amides is 1. The van der Waals surface area contributed by atoms with Crippen molar-refractivity contribution in [2.24, 2.45) is 0 Å². The van der Waals surface area contributed by atoms with Gasteiger partial charge in [0.1, 0.15) is 11.5 Å². The number of carbonyl (C=O) groups is 1. The fourth-order valence-corrected chi connectivity index (χ4v) is 2.44. The zero-order valence-corrected chi connectivity index (χ0v) is 15.2. The summed E-state index contributed by atoms with van der Waals surface area (Å²) in [6.07, 6.45) is 9.01. The maximum atomic E-state index is 12.2. The summed E-state index contributed by atoms with van der Waals surface area (Å²) in [6.45, 7) is 1.42. The topological polar surface area (TPSA) is 61.4 Å². The largest absolute Gasteiger partial charge is 2.00 e. The molecular formula is C21H17FeNO3. The number of benzene rings is 1. The summed E-state index contributed by atoms with van der Waals surface area (Å²) in [7, 11) is 0. The first-order valence-electron chi connectivity index (χ1n) is 7.88. The van der Waals surface area contributed by atoms with Crippen LogP contribution in [0.4, 0.5) is 5.69 Å². The van der Waals surface area contributed by atoms with E-state index in [1.807, 2.05) is 54.6 Å². The van der Waals surface area contributed by atoms with E-state index >= 15 is 0 Å². The van der Waals surface area contributed by atoms with E-state index in [0.717, 1.165) is 5.57 Å². The van der Waals surface area contributed by atoms with Crippen LogP contribution >= 0.6 is 0 Å². The quantitative estimate of drug-likeness (QED) is 0.602. The van der Waals surface area contributed by atoms with Crippen molar-refractivity contribution in [3.63, 3.8) is 0 Å². The Hall–Kier alpha value is -2.88. The standard InChI is InChI=1S/C16H13NO3.C5H5.Fe/c1-10(18)17-12-6-7-15-13(8-12)14(19)9-16(20-15)11-4-2-3-5-11;1-2-4-5-3-1;/h2-9,19H,1H3,(H,17,18);1-5H;/q;-1;+2/p-1. The van der Waals surface area contributed by atoms with Crippen molar-refractivity contribution in [2.75, 3.05) is 5.32 Å². The summed E-state index contributed by atoms with van der Waals surface area (Å²) >= 11 is 0. The molecule has 5 heteroatoms. The molecule has 1 aliphatic carbocycles. The van der Waals surface area contributed by atoms with Crippen LogP contribution in [0.1, 0.15) is 12.5 Å². The molecule has 0 fully saturated rings. The summed E-state index contributed by atoms with van der Waals surface area (Å²) in [5, 5.41) is 14.8. The Morgan fingerprint density at radius 1 is 1.15 bits per heavy atom. The average Bonchev–Trinajstić information content (AvgIpc) is 3.31. The first-order chi connectivity index (χ1) is 12.1. The molecule has 4 nitrogen and oxygen atoms in total. The first kappa shape index (κ1) is 19.4. The van der Waals surface area contributed by atoms with Gasteiger partial charge in [-0.2, -0.15) is 18.2 Å². The molecule has 4 rings (SSSR count). The van der Waals surface area contributed by atoms with Gasteiger partial charge in [-0.15, -0.1) is 0 Å². The van der Waals surface area contributed by atoms with Gasteiger partial charge in [-0.25, -0.2) is 12.1 Å². The van der Waals surface area contributed by atoms with Gasteiger partial charge >= 0.3 is 17.1 Å². The van der Waals surface area contributed by atoms with E-state index < -0.39 is 0 Å². The fourth-order valence-electron chi connectivity index (χ4n) is 2.44. The van der Waals surface area contributed by atoms with Crippen LogP contribution in [-0.4, -0.2) is 5.91 Å². The molecule has 1 amide bonds. The Bertz CT molecular complexity index is 859. The van der Waals surface area contributed by atoms with E-state index in [4.69, 9.17) is 4.74 Å². The van der Waals surface area contributed by atoms with Gasteiger partial charge in [0.25, 0.3) is 0 Å². The minimum atomic E-state index is -0.179. The smallest absolute Gasteiger partial charge is 0.872 e. The van der Waals surface area contributed by atoms with Crippen molar-refractivity contribution in [1.29, 1.82) is 0 Å². The van der Waals surface area contributed by atoms with Crippen LogP contribution in [0.15, 0.2) is 90.2 Å². The average molecular weight is 387 g/mol. The molecule has 0 spiro atoms. The molecule has 0 saturated carbocycles. The van der Waals surface area contributed by atoms with Crippen molar-refractivity contribution in [2.45, 2.75) is 6.92 Å². The van der Waals surface area contributed by atoms with E-state index in [0.29, 0.717) is 22.8 Å². The van der Waals surface area contributed by atoms with E-state index in [9.17, 15) is 9.90 Å². The zero-order valence-electron chi connectivity index (χ0n) is 14.1. The number of nitrogens with one attached hydrogen (secondary N) is 1. The monoisotopic (exact) mass is 387 g/mol. The number of hydrogen-bond acceptors (Lipinski definition) is 3. The van der Waals surface area contributed by atoms with Crippen LogP contribution < -0.4 is 15.2 Å². The summed E-state index contributed by atoms with van der Waals surface area (Å²) in [5.74, 6) is 0.736. The second-order valence-electron chi connectivity index (χ2n) is 5.50. The molecule has 0 aromatic heterocycles. The molecule has 1 aliphatic heterocycles.